The number of amides is 1. The van der Waals surface area contributed by atoms with Gasteiger partial charge in [-0.3, -0.25) is 9.69 Å². The zero-order chi connectivity index (χ0) is 18.4. The third-order valence-corrected chi connectivity index (χ3v) is 3.89. The van der Waals surface area contributed by atoms with E-state index < -0.39 is 17.7 Å². The maximum absolute atomic E-state index is 13.2. The first-order valence-corrected chi connectivity index (χ1v) is 8.08. The highest BCUT2D eigenvalue weighted by molar-refractivity contribution is 5.94. The smallest absolute Gasteiger partial charge is 0.241 e. The third-order valence-electron chi connectivity index (χ3n) is 3.89. The monoisotopic (exact) mass is 348 g/mol. The average molecular weight is 348 g/mol. The summed E-state index contributed by atoms with van der Waals surface area (Å²) >= 11 is 0. The summed E-state index contributed by atoms with van der Waals surface area (Å²) in [6, 6.07) is 10.5. The van der Waals surface area contributed by atoms with E-state index in [9.17, 15) is 13.6 Å². The second-order valence-electron chi connectivity index (χ2n) is 5.79. The summed E-state index contributed by atoms with van der Waals surface area (Å²) in [6.07, 6.45) is 0. The highest BCUT2D eigenvalue weighted by Crippen LogP contribution is 2.16. The first-order chi connectivity index (χ1) is 11.9. The number of hydrogen-bond donors (Lipinski definition) is 1. The van der Waals surface area contributed by atoms with E-state index >= 15 is 0 Å². The first kappa shape index (κ1) is 18.9. The summed E-state index contributed by atoms with van der Waals surface area (Å²) < 4.78 is 31.6. The number of nitrogens with one attached hydrogen (secondary N) is 1. The number of halogens is 2. The van der Waals surface area contributed by atoms with E-state index in [0.29, 0.717) is 13.2 Å². The number of ether oxygens (including phenoxy) is 1. The summed E-state index contributed by atoms with van der Waals surface area (Å²) in [7, 11) is 1.83. The molecule has 0 heterocycles. The van der Waals surface area contributed by atoms with Gasteiger partial charge in [-0.25, -0.2) is 8.78 Å². The normalized spacial score (nSPS) is 12.1. The molecule has 6 heteroatoms. The van der Waals surface area contributed by atoms with Crippen LogP contribution in [0.25, 0.3) is 0 Å². The first-order valence-electron chi connectivity index (χ1n) is 8.08. The van der Waals surface area contributed by atoms with Crippen LogP contribution in [0.2, 0.25) is 0 Å². The Morgan fingerprint density at radius 3 is 2.44 bits per heavy atom. The van der Waals surface area contributed by atoms with Gasteiger partial charge in [-0.1, -0.05) is 12.1 Å². The van der Waals surface area contributed by atoms with Crippen LogP contribution in [0.15, 0.2) is 42.5 Å². The van der Waals surface area contributed by atoms with Crippen LogP contribution in [0.5, 0.6) is 5.75 Å². The van der Waals surface area contributed by atoms with E-state index in [2.05, 4.69) is 5.32 Å². The molecule has 0 aliphatic carbocycles. The van der Waals surface area contributed by atoms with Gasteiger partial charge in [0, 0.05) is 18.3 Å². The Kier molecular flexibility index (Phi) is 6.47. The lowest BCUT2D eigenvalue weighted by molar-refractivity contribution is -0.120. The molecule has 0 unspecified atom stereocenters. The Bertz CT molecular complexity index is 720. The number of hydrogen-bond acceptors (Lipinski definition) is 3. The van der Waals surface area contributed by atoms with E-state index in [4.69, 9.17) is 4.74 Å². The fourth-order valence-electron chi connectivity index (χ4n) is 2.30. The molecule has 0 radical (unpaired) electrons. The number of benzene rings is 2. The minimum absolute atomic E-state index is 0.227. The molecule has 0 aliphatic rings. The van der Waals surface area contributed by atoms with Gasteiger partial charge in [0.05, 0.1) is 12.6 Å². The highest BCUT2D eigenvalue weighted by atomic mass is 19.2. The molecule has 2 rings (SSSR count). The van der Waals surface area contributed by atoms with Crippen LogP contribution in [-0.2, 0) is 11.3 Å². The Hall–Kier alpha value is -2.47. The predicted molar refractivity (Wildman–Crippen MR) is 93.5 cm³/mol. The molecule has 0 fully saturated rings. The van der Waals surface area contributed by atoms with Gasteiger partial charge < -0.3 is 10.1 Å². The van der Waals surface area contributed by atoms with E-state index in [1.54, 1.807) is 6.92 Å². The van der Waals surface area contributed by atoms with Gasteiger partial charge in [0.1, 0.15) is 5.75 Å². The van der Waals surface area contributed by atoms with E-state index in [-0.39, 0.29) is 11.6 Å². The van der Waals surface area contributed by atoms with Gasteiger partial charge in [0.15, 0.2) is 11.6 Å². The van der Waals surface area contributed by atoms with Gasteiger partial charge in [-0.05, 0) is 50.7 Å². The van der Waals surface area contributed by atoms with Crippen LogP contribution in [-0.4, -0.2) is 30.5 Å². The Morgan fingerprint density at radius 2 is 1.84 bits per heavy atom. The molecule has 2 aromatic rings. The van der Waals surface area contributed by atoms with Crippen LogP contribution < -0.4 is 10.1 Å². The fraction of sp³-hybridized carbons (Fsp3) is 0.316. The number of anilines is 1. The molecule has 2 aromatic carbocycles. The topological polar surface area (TPSA) is 41.6 Å². The van der Waals surface area contributed by atoms with Crippen molar-refractivity contribution in [2.24, 2.45) is 0 Å². The van der Waals surface area contributed by atoms with Crippen molar-refractivity contribution in [3.05, 3.63) is 59.7 Å². The second-order valence-corrected chi connectivity index (χ2v) is 5.79. The molecule has 0 saturated carbocycles. The van der Waals surface area contributed by atoms with Crippen molar-refractivity contribution in [1.82, 2.24) is 4.90 Å². The fourth-order valence-corrected chi connectivity index (χ4v) is 2.30. The molecule has 0 aromatic heterocycles. The van der Waals surface area contributed by atoms with Crippen LogP contribution in [0.1, 0.15) is 19.4 Å². The zero-order valence-corrected chi connectivity index (χ0v) is 14.6. The van der Waals surface area contributed by atoms with Gasteiger partial charge in [-0.15, -0.1) is 0 Å². The highest BCUT2D eigenvalue weighted by Gasteiger charge is 2.18. The summed E-state index contributed by atoms with van der Waals surface area (Å²) in [4.78, 5) is 14.2. The lowest BCUT2D eigenvalue weighted by Gasteiger charge is -2.24. The molecule has 0 aliphatic heterocycles. The molecule has 0 bridgehead atoms. The summed E-state index contributed by atoms with van der Waals surface area (Å²) in [6.45, 7) is 4.86. The number of rotatable bonds is 7. The molecular formula is C19H22F2N2O2. The zero-order valence-electron chi connectivity index (χ0n) is 14.6. The SMILES string of the molecule is CCOc1ccc(CN(C)[C@@H](C)C(=O)Nc2ccc(F)c(F)c2)cc1. The number of carbonyl (C=O) groups excluding carboxylic acids is 1. The van der Waals surface area contributed by atoms with Crippen molar-refractivity contribution in [2.75, 3.05) is 19.0 Å². The lowest BCUT2D eigenvalue weighted by atomic mass is 10.1. The van der Waals surface area contributed by atoms with E-state index in [1.807, 2.05) is 43.1 Å². The lowest BCUT2D eigenvalue weighted by Crippen LogP contribution is -2.39. The van der Waals surface area contributed by atoms with Crippen LogP contribution in [0.3, 0.4) is 0 Å². The van der Waals surface area contributed by atoms with Crippen molar-refractivity contribution in [3.8, 4) is 5.75 Å². The van der Waals surface area contributed by atoms with Gasteiger partial charge in [-0.2, -0.15) is 0 Å². The van der Waals surface area contributed by atoms with Gasteiger partial charge in [0.2, 0.25) is 5.91 Å². The second kappa shape index (κ2) is 8.58. The van der Waals surface area contributed by atoms with Crippen LogP contribution in [0, 0.1) is 11.6 Å². The summed E-state index contributed by atoms with van der Waals surface area (Å²) in [5, 5.41) is 2.60. The molecule has 1 N–H and O–H groups in total. The van der Waals surface area contributed by atoms with Crippen molar-refractivity contribution in [1.29, 1.82) is 0 Å². The Morgan fingerprint density at radius 1 is 1.16 bits per heavy atom. The maximum atomic E-state index is 13.2. The van der Waals surface area contributed by atoms with E-state index in [0.717, 1.165) is 23.4 Å². The van der Waals surface area contributed by atoms with Crippen molar-refractivity contribution in [3.63, 3.8) is 0 Å². The van der Waals surface area contributed by atoms with Crippen molar-refractivity contribution >= 4 is 11.6 Å². The average Bonchev–Trinajstić information content (AvgIpc) is 2.59. The van der Waals surface area contributed by atoms with Gasteiger partial charge in [0.25, 0.3) is 0 Å². The van der Waals surface area contributed by atoms with Crippen molar-refractivity contribution < 1.29 is 18.3 Å². The molecule has 1 amide bonds. The standard InChI is InChI=1S/C19H22F2N2O2/c1-4-25-16-8-5-14(6-9-16)12-23(3)13(2)19(24)22-15-7-10-17(20)18(21)11-15/h5-11,13H,4,12H2,1-3H3,(H,22,24)/t13-/m0/s1. The van der Waals surface area contributed by atoms with Crippen molar-refractivity contribution in [2.45, 2.75) is 26.4 Å². The minimum Gasteiger partial charge on any atom is -0.494 e. The Balaban J connectivity index is 1.94. The molecule has 25 heavy (non-hydrogen) atoms. The minimum atomic E-state index is -0.992. The van der Waals surface area contributed by atoms with Crippen LogP contribution in [0.4, 0.5) is 14.5 Å². The molecule has 0 spiro atoms. The van der Waals surface area contributed by atoms with Gasteiger partial charge >= 0.3 is 0 Å². The molecule has 134 valence electrons. The third kappa shape index (κ3) is 5.26. The Labute approximate surface area is 146 Å². The predicted octanol–water partition coefficient (Wildman–Crippen LogP) is 3.82. The number of carbonyl (C=O) groups is 1. The van der Waals surface area contributed by atoms with Crippen LogP contribution >= 0.6 is 0 Å². The molecule has 1 atom stereocenters. The molecule has 4 nitrogen and oxygen atoms in total. The summed E-state index contributed by atoms with van der Waals surface area (Å²) in [5.74, 6) is -1.43. The number of nitrogens with zero attached hydrogens (tertiary/aromatic N) is 1. The molecule has 0 saturated heterocycles. The van der Waals surface area contributed by atoms with E-state index in [1.165, 1.54) is 6.07 Å². The summed E-state index contributed by atoms with van der Waals surface area (Å²) in [5.41, 5.74) is 1.27. The number of likely N-dealkylation sites (N-methyl/N-ethyl adjacent to an activating group) is 1. The molecular weight excluding hydrogens is 326 g/mol. The largest absolute Gasteiger partial charge is 0.494 e. The quantitative estimate of drug-likeness (QED) is 0.827. The maximum Gasteiger partial charge on any atom is 0.241 e.